The molecule has 0 radical (unpaired) electrons. The molecule has 0 unspecified atom stereocenters. The van der Waals surface area contributed by atoms with Gasteiger partial charge in [0, 0.05) is 22.8 Å². The van der Waals surface area contributed by atoms with E-state index in [1.54, 1.807) is 24.3 Å². The van der Waals surface area contributed by atoms with E-state index < -0.39 is 5.97 Å². The molecule has 7 heteroatoms. The van der Waals surface area contributed by atoms with Crippen molar-refractivity contribution < 1.29 is 19.4 Å². The topological polar surface area (TPSA) is 79.3 Å². The number of carbonyl (C=O) groups is 2. The lowest BCUT2D eigenvalue weighted by atomic mass is 10.3. The van der Waals surface area contributed by atoms with E-state index in [1.165, 1.54) is 5.38 Å². The minimum atomic E-state index is -1.23. The molecule has 0 saturated heterocycles. The summed E-state index contributed by atoms with van der Waals surface area (Å²) in [4.78, 5) is 26.2. The molecule has 0 spiro atoms. The lowest BCUT2D eigenvalue weighted by Gasteiger charge is -2.03. The summed E-state index contributed by atoms with van der Waals surface area (Å²) in [6, 6.07) is 6.61. The maximum absolute atomic E-state index is 11.8. The highest BCUT2D eigenvalue weighted by Gasteiger charge is 2.12. The van der Waals surface area contributed by atoms with Gasteiger partial charge in [-0.3, -0.25) is 4.79 Å². The number of rotatable bonds is 6. The van der Waals surface area contributed by atoms with Gasteiger partial charge in [0.25, 0.3) is 0 Å². The number of Topliss-reactive ketones (excluding diaryl/α,β-unsaturated/α-hetero) is 1. The monoisotopic (exact) mass is 310 g/mol. The number of halogens is 1. The van der Waals surface area contributed by atoms with Crippen LogP contribution >= 0.6 is 22.9 Å². The molecule has 0 fully saturated rings. The lowest BCUT2D eigenvalue weighted by molar-refractivity contribution is -0.304. The number of ketones is 1. The van der Waals surface area contributed by atoms with Crippen LogP contribution in [0.5, 0.6) is 5.75 Å². The molecule has 0 N–H and O–H groups in total. The van der Waals surface area contributed by atoms with E-state index in [0.717, 1.165) is 11.3 Å². The number of carbonyl (C=O) groups excluding carboxylic acids is 2. The van der Waals surface area contributed by atoms with Crippen LogP contribution in [0.1, 0.15) is 15.5 Å². The molecule has 1 heterocycles. The van der Waals surface area contributed by atoms with Gasteiger partial charge in [0.2, 0.25) is 5.78 Å². The maximum atomic E-state index is 11.8. The summed E-state index contributed by atoms with van der Waals surface area (Å²) in [6.45, 7) is -0.167. The molecule has 0 atom stereocenters. The van der Waals surface area contributed by atoms with Crippen LogP contribution in [0.15, 0.2) is 29.6 Å². The van der Waals surface area contributed by atoms with Crippen molar-refractivity contribution in [2.45, 2.75) is 6.42 Å². The van der Waals surface area contributed by atoms with E-state index in [0.29, 0.717) is 16.5 Å². The average molecular weight is 311 g/mol. The summed E-state index contributed by atoms with van der Waals surface area (Å²) in [6.07, 6.45) is -0.304. The van der Waals surface area contributed by atoms with E-state index in [4.69, 9.17) is 16.3 Å². The number of ether oxygens (including phenoxy) is 1. The van der Waals surface area contributed by atoms with E-state index >= 15 is 0 Å². The zero-order valence-electron chi connectivity index (χ0n) is 10.2. The molecule has 2 aromatic rings. The number of carboxylic acid groups (broad SMARTS) is 1. The van der Waals surface area contributed by atoms with Crippen molar-refractivity contribution >= 4 is 34.7 Å². The molecule has 0 aliphatic rings. The molecule has 104 valence electrons. The predicted molar refractivity (Wildman–Crippen MR) is 72.1 cm³/mol. The molecular weight excluding hydrogens is 302 g/mol. The Morgan fingerprint density at radius 2 is 2.00 bits per heavy atom. The van der Waals surface area contributed by atoms with Gasteiger partial charge >= 0.3 is 0 Å². The molecule has 20 heavy (non-hydrogen) atoms. The first-order chi connectivity index (χ1) is 9.54. The van der Waals surface area contributed by atoms with Crippen molar-refractivity contribution in [1.82, 2.24) is 4.98 Å². The third kappa shape index (κ3) is 4.04. The third-order valence-electron chi connectivity index (χ3n) is 2.30. The summed E-state index contributed by atoms with van der Waals surface area (Å²) in [5, 5.41) is 12.7. The molecule has 1 aromatic heterocycles. The SMILES string of the molecule is O=C([O-])Cc1csc(C(=O)COc2ccc(Cl)cc2)n1. The molecule has 0 saturated carbocycles. The van der Waals surface area contributed by atoms with Gasteiger partial charge in [0.1, 0.15) is 5.75 Å². The second-order valence-corrected chi connectivity index (χ2v) is 5.15. The fourth-order valence-electron chi connectivity index (χ4n) is 1.41. The zero-order chi connectivity index (χ0) is 14.5. The van der Waals surface area contributed by atoms with Crippen molar-refractivity contribution in [3.8, 4) is 5.75 Å². The van der Waals surface area contributed by atoms with Gasteiger partial charge in [-0.1, -0.05) is 11.6 Å². The van der Waals surface area contributed by atoms with Crippen LogP contribution in [-0.4, -0.2) is 23.3 Å². The summed E-state index contributed by atoms with van der Waals surface area (Å²) in [7, 11) is 0. The van der Waals surface area contributed by atoms with Crippen molar-refractivity contribution in [3.63, 3.8) is 0 Å². The number of benzene rings is 1. The Bertz CT molecular complexity index is 624. The van der Waals surface area contributed by atoms with E-state index in [-0.39, 0.29) is 23.8 Å². The summed E-state index contributed by atoms with van der Waals surface area (Å²) in [5.41, 5.74) is 0.310. The Morgan fingerprint density at radius 3 is 2.65 bits per heavy atom. The van der Waals surface area contributed by atoms with E-state index in [9.17, 15) is 14.7 Å². The first-order valence-electron chi connectivity index (χ1n) is 5.60. The van der Waals surface area contributed by atoms with Crippen molar-refractivity contribution in [2.75, 3.05) is 6.61 Å². The van der Waals surface area contributed by atoms with E-state index in [1.807, 2.05) is 0 Å². The average Bonchev–Trinajstić information content (AvgIpc) is 2.85. The minimum absolute atomic E-state index is 0.167. The molecular formula is C13H9ClNO4S-. The molecule has 0 aliphatic carbocycles. The Kier molecular flexibility index (Phi) is 4.70. The lowest BCUT2D eigenvalue weighted by Crippen LogP contribution is -2.24. The minimum Gasteiger partial charge on any atom is -0.550 e. The van der Waals surface area contributed by atoms with Crippen molar-refractivity contribution in [1.29, 1.82) is 0 Å². The fraction of sp³-hybridized carbons (Fsp3) is 0.154. The largest absolute Gasteiger partial charge is 0.550 e. The van der Waals surface area contributed by atoms with Gasteiger partial charge in [-0.05, 0) is 24.3 Å². The zero-order valence-corrected chi connectivity index (χ0v) is 11.7. The molecule has 0 bridgehead atoms. The Labute approximate surface area is 123 Å². The number of aromatic nitrogens is 1. The third-order valence-corrected chi connectivity index (χ3v) is 3.48. The Morgan fingerprint density at radius 1 is 1.30 bits per heavy atom. The highest BCUT2D eigenvalue weighted by Crippen LogP contribution is 2.16. The van der Waals surface area contributed by atoms with Crippen LogP contribution in [0, 0.1) is 0 Å². The Balaban J connectivity index is 1.93. The molecule has 5 nitrogen and oxygen atoms in total. The highest BCUT2D eigenvalue weighted by molar-refractivity contribution is 7.11. The van der Waals surface area contributed by atoms with Gasteiger partial charge in [0.15, 0.2) is 11.6 Å². The van der Waals surface area contributed by atoms with Gasteiger partial charge in [-0.25, -0.2) is 4.98 Å². The first kappa shape index (κ1) is 14.5. The second kappa shape index (κ2) is 6.49. The van der Waals surface area contributed by atoms with Crippen LogP contribution in [-0.2, 0) is 11.2 Å². The number of carboxylic acids is 1. The van der Waals surface area contributed by atoms with Crippen LogP contribution in [0.25, 0.3) is 0 Å². The predicted octanol–water partition coefficient (Wildman–Crippen LogP) is 1.35. The van der Waals surface area contributed by atoms with Crippen LogP contribution in [0.3, 0.4) is 0 Å². The normalized spacial score (nSPS) is 10.2. The van der Waals surface area contributed by atoms with Crippen LogP contribution in [0.2, 0.25) is 5.02 Å². The number of hydrogen-bond acceptors (Lipinski definition) is 6. The summed E-state index contributed by atoms with van der Waals surface area (Å²) in [5.74, 6) is -1.02. The summed E-state index contributed by atoms with van der Waals surface area (Å²) >= 11 is 6.82. The second-order valence-electron chi connectivity index (χ2n) is 3.86. The van der Waals surface area contributed by atoms with Gasteiger partial charge in [-0.2, -0.15) is 0 Å². The fourth-order valence-corrected chi connectivity index (χ4v) is 2.28. The summed E-state index contributed by atoms with van der Waals surface area (Å²) < 4.78 is 5.30. The highest BCUT2D eigenvalue weighted by atomic mass is 35.5. The number of hydrogen-bond donors (Lipinski definition) is 0. The van der Waals surface area contributed by atoms with Gasteiger partial charge < -0.3 is 14.6 Å². The van der Waals surface area contributed by atoms with Gasteiger partial charge in [0.05, 0.1) is 5.69 Å². The molecule has 0 aliphatic heterocycles. The maximum Gasteiger partial charge on any atom is 0.228 e. The molecule has 1 aromatic carbocycles. The number of aliphatic carboxylic acids is 1. The van der Waals surface area contributed by atoms with Crippen molar-refractivity contribution in [2.24, 2.45) is 0 Å². The van der Waals surface area contributed by atoms with Gasteiger partial charge in [-0.15, -0.1) is 11.3 Å². The Hall–Kier alpha value is -1.92. The molecule has 2 rings (SSSR count). The van der Waals surface area contributed by atoms with Crippen molar-refractivity contribution in [3.05, 3.63) is 45.4 Å². The quantitative estimate of drug-likeness (QED) is 0.752. The van der Waals surface area contributed by atoms with Crippen LogP contribution < -0.4 is 9.84 Å². The first-order valence-corrected chi connectivity index (χ1v) is 6.86. The number of thiazole rings is 1. The molecule has 0 amide bonds. The number of nitrogens with zero attached hydrogens (tertiary/aromatic N) is 1. The van der Waals surface area contributed by atoms with E-state index in [2.05, 4.69) is 4.98 Å². The van der Waals surface area contributed by atoms with Crippen LogP contribution in [0.4, 0.5) is 0 Å². The smallest absolute Gasteiger partial charge is 0.228 e. The standard InChI is InChI=1S/C13H10ClNO4S/c14-8-1-3-10(4-2-8)19-6-11(16)13-15-9(7-20-13)5-12(17)18/h1-4,7H,5-6H2,(H,17,18)/p-1.